The van der Waals surface area contributed by atoms with Crippen LogP contribution in [0, 0.1) is 17.3 Å². The van der Waals surface area contributed by atoms with Gasteiger partial charge in [0.2, 0.25) is 5.91 Å². The third-order valence-electron chi connectivity index (χ3n) is 7.66. The van der Waals surface area contributed by atoms with Crippen LogP contribution in [0.4, 0.5) is 0 Å². The van der Waals surface area contributed by atoms with E-state index in [4.69, 9.17) is 5.73 Å². The molecule has 4 rings (SSSR count). The fourth-order valence-corrected chi connectivity index (χ4v) is 6.24. The average molecular weight is 414 g/mol. The van der Waals surface area contributed by atoms with Crippen molar-refractivity contribution in [3.8, 4) is 0 Å². The Balaban J connectivity index is 1.83. The lowest BCUT2D eigenvalue weighted by molar-refractivity contribution is -0.123. The van der Waals surface area contributed by atoms with Crippen LogP contribution in [0.5, 0.6) is 0 Å². The van der Waals surface area contributed by atoms with Gasteiger partial charge in [0.25, 0.3) is 0 Å². The number of amides is 1. The van der Waals surface area contributed by atoms with Crippen LogP contribution < -0.4 is 5.73 Å². The summed E-state index contributed by atoms with van der Waals surface area (Å²) < 4.78 is 0. The molecule has 0 aromatic heterocycles. The van der Waals surface area contributed by atoms with Gasteiger partial charge in [0.15, 0.2) is 0 Å². The van der Waals surface area contributed by atoms with Crippen molar-refractivity contribution in [3.05, 3.63) is 83.9 Å². The second-order valence-corrected chi connectivity index (χ2v) is 9.33. The van der Waals surface area contributed by atoms with Crippen LogP contribution in [0.25, 0.3) is 11.1 Å². The number of nitrogens with two attached hydrogens (primary N) is 1. The maximum Gasteiger partial charge on any atom is 0.220 e. The Morgan fingerprint density at radius 3 is 2.35 bits per heavy atom. The summed E-state index contributed by atoms with van der Waals surface area (Å²) in [6.07, 6.45) is 8.87. The fraction of sp³-hybridized carbons (Fsp3) is 0.414. The zero-order valence-corrected chi connectivity index (χ0v) is 18.8. The van der Waals surface area contributed by atoms with Gasteiger partial charge < -0.3 is 5.73 Å². The molecular formula is C29H35NO. The smallest absolute Gasteiger partial charge is 0.220 e. The number of primary amides is 1. The maximum atomic E-state index is 12.5. The predicted octanol–water partition coefficient (Wildman–Crippen LogP) is 7.03. The Bertz CT molecular complexity index is 959. The molecule has 0 radical (unpaired) electrons. The van der Waals surface area contributed by atoms with Crippen molar-refractivity contribution >= 4 is 17.1 Å². The van der Waals surface area contributed by atoms with E-state index >= 15 is 0 Å². The Hall–Kier alpha value is -2.61. The normalized spacial score (nSPS) is 24.9. The van der Waals surface area contributed by atoms with Crippen LogP contribution >= 0.6 is 0 Å². The lowest BCUT2D eigenvalue weighted by Crippen LogP contribution is -2.32. The van der Waals surface area contributed by atoms with E-state index in [9.17, 15) is 4.79 Å². The number of hydrogen-bond acceptors (Lipinski definition) is 1. The lowest BCUT2D eigenvalue weighted by Gasteiger charge is -2.37. The highest BCUT2D eigenvalue weighted by atomic mass is 16.1. The fourth-order valence-electron chi connectivity index (χ4n) is 6.24. The summed E-state index contributed by atoms with van der Waals surface area (Å²) in [5, 5.41) is 0. The van der Waals surface area contributed by atoms with Crippen LogP contribution in [0.15, 0.2) is 72.8 Å². The highest BCUT2D eigenvalue weighted by Gasteiger charge is 2.58. The van der Waals surface area contributed by atoms with E-state index in [1.54, 1.807) is 0 Å². The molecule has 2 heteroatoms. The molecule has 162 valence electrons. The first-order valence-electron chi connectivity index (χ1n) is 11.9. The van der Waals surface area contributed by atoms with E-state index in [-0.39, 0.29) is 23.2 Å². The molecule has 1 amide bonds. The van der Waals surface area contributed by atoms with Crippen molar-refractivity contribution in [3.63, 3.8) is 0 Å². The minimum atomic E-state index is -0.206. The molecule has 3 atom stereocenters. The van der Waals surface area contributed by atoms with Crippen LogP contribution in [0.2, 0.25) is 0 Å². The van der Waals surface area contributed by atoms with Gasteiger partial charge in [-0.2, -0.15) is 0 Å². The molecule has 1 fully saturated rings. The molecule has 0 bridgehead atoms. The van der Waals surface area contributed by atoms with Gasteiger partial charge in [0.05, 0.1) is 0 Å². The number of unbranched alkanes of at least 4 members (excludes halogenated alkanes) is 3. The molecular weight excluding hydrogens is 378 g/mol. The summed E-state index contributed by atoms with van der Waals surface area (Å²) in [5.41, 5.74) is 12.3. The zero-order valence-electron chi connectivity index (χ0n) is 18.8. The number of rotatable bonds is 9. The number of carbonyl (C=O) groups is 1. The quantitative estimate of drug-likeness (QED) is 0.441. The van der Waals surface area contributed by atoms with Crippen LogP contribution in [-0.2, 0) is 4.79 Å². The van der Waals surface area contributed by atoms with Gasteiger partial charge in [-0.15, -0.1) is 0 Å². The number of benzene rings is 2. The Labute approximate surface area is 187 Å². The van der Waals surface area contributed by atoms with Gasteiger partial charge in [-0.25, -0.2) is 0 Å². The van der Waals surface area contributed by atoms with Crippen LogP contribution in [0.3, 0.4) is 0 Å². The molecule has 2 N–H and O–H groups in total. The molecule has 2 nitrogen and oxygen atoms in total. The summed E-state index contributed by atoms with van der Waals surface area (Å²) in [7, 11) is 0. The molecule has 2 unspecified atom stereocenters. The minimum absolute atomic E-state index is 0.0766. The molecule has 2 aliphatic rings. The summed E-state index contributed by atoms with van der Waals surface area (Å²) >= 11 is 0. The standard InChI is InChI=1S/C29H35NO/c1-3-4-5-8-17-24-20-26-25(28(30)31)18-19-29(26,21(2)22-13-9-6-10-14-22)27(24)23-15-11-7-12-16-23/h6-7,9-16,25-26H,2-5,8,17-20H2,1H3,(H2,30,31)/t25?,26?,29-/m0/s1. The number of allylic oxidation sites excluding steroid dienone is 3. The number of hydrogen-bond donors (Lipinski definition) is 1. The molecule has 0 heterocycles. The largest absolute Gasteiger partial charge is 0.369 e. The van der Waals surface area contributed by atoms with E-state index < -0.39 is 0 Å². The summed E-state index contributed by atoms with van der Waals surface area (Å²) in [5.74, 6) is -0.00575. The summed E-state index contributed by atoms with van der Waals surface area (Å²) in [6.45, 7) is 6.92. The third kappa shape index (κ3) is 3.89. The molecule has 0 spiro atoms. The van der Waals surface area contributed by atoms with E-state index in [0.717, 1.165) is 31.3 Å². The van der Waals surface area contributed by atoms with Crippen LogP contribution in [-0.4, -0.2) is 5.91 Å². The Kier molecular flexibility index (Phi) is 6.46. The van der Waals surface area contributed by atoms with Gasteiger partial charge in [-0.3, -0.25) is 4.79 Å². The number of fused-ring (bicyclic) bond motifs is 1. The molecule has 2 aromatic rings. The Morgan fingerprint density at radius 2 is 1.71 bits per heavy atom. The van der Waals surface area contributed by atoms with Crippen molar-refractivity contribution in [2.75, 3.05) is 0 Å². The van der Waals surface area contributed by atoms with Gasteiger partial charge in [-0.1, -0.05) is 99.0 Å². The first kappa shape index (κ1) is 21.6. The minimum Gasteiger partial charge on any atom is -0.369 e. The molecule has 31 heavy (non-hydrogen) atoms. The first-order valence-corrected chi connectivity index (χ1v) is 11.9. The van der Waals surface area contributed by atoms with Crippen molar-refractivity contribution in [1.29, 1.82) is 0 Å². The van der Waals surface area contributed by atoms with Crippen molar-refractivity contribution in [2.24, 2.45) is 23.0 Å². The summed E-state index contributed by atoms with van der Waals surface area (Å²) in [4.78, 5) is 12.5. The molecule has 0 saturated heterocycles. The third-order valence-corrected chi connectivity index (χ3v) is 7.66. The van der Waals surface area contributed by atoms with E-state index in [1.165, 1.54) is 48.0 Å². The highest BCUT2D eigenvalue weighted by Crippen LogP contribution is 2.67. The zero-order chi connectivity index (χ0) is 21.8. The topological polar surface area (TPSA) is 43.1 Å². The Morgan fingerprint density at radius 1 is 1.03 bits per heavy atom. The SMILES string of the molecule is C=C(c1ccccc1)[C@@]12CCC(C(N)=O)C1CC(CCCCCC)=C2c1ccccc1. The molecule has 2 aromatic carbocycles. The van der Waals surface area contributed by atoms with E-state index in [0.29, 0.717) is 0 Å². The monoisotopic (exact) mass is 413 g/mol. The molecule has 1 saturated carbocycles. The predicted molar refractivity (Wildman–Crippen MR) is 130 cm³/mol. The molecule has 2 aliphatic carbocycles. The van der Waals surface area contributed by atoms with Gasteiger partial charge in [-0.05, 0) is 60.3 Å². The first-order chi connectivity index (χ1) is 15.1. The van der Waals surface area contributed by atoms with Crippen molar-refractivity contribution in [2.45, 2.75) is 58.3 Å². The second-order valence-electron chi connectivity index (χ2n) is 9.33. The van der Waals surface area contributed by atoms with E-state index in [2.05, 4.69) is 74.2 Å². The van der Waals surface area contributed by atoms with Crippen molar-refractivity contribution < 1.29 is 4.79 Å². The molecule has 0 aliphatic heterocycles. The highest BCUT2D eigenvalue weighted by molar-refractivity contribution is 5.92. The number of carbonyl (C=O) groups excluding carboxylic acids is 1. The summed E-state index contributed by atoms with van der Waals surface area (Å²) in [6, 6.07) is 21.3. The van der Waals surface area contributed by atoms with E-state index in [1.807, 2.05) is 0 Å². The van der Waals surface area contributed by atoms with Crippen molar-refractivity contribution in [1.82, 2.24) is 0 Å². The lowest BCUT2D eigenvalue weighted by atomic mass is 9.65. The van der Waals surface area contributed by atoms with Gasteiger partial charge in [0, 0.05) is 11.3 Å². The van der Waals surface area contributed by atoms with Gasteiger partial charge >= 0.3 is 0 Å². The maximum absolute atomic E-state index is 12.5. The average Bonchev–Trinajstić information content (AvgIpc) is 3.32. The van der Waals surface area contributed by atoms with Gasteiger partial charge in [0.1, 0.15) is 0 Å². The van der Waals surface area contributed by atoms with Crippen LogP contribution in [0.1, 0.15) is 69.4 Å². The second kappa shape index (κ2) is 9.26.